The maximum atomic E-state index is 10.6. The zero-order valence-electron chi connectivity index (χ0n) is 12.1. The van der Waals surface area contributed by atoms with E-state index in [1.165, 1.54) is 0 Å². The number of nitro groups is 2. The van der Waals surface area contributed by atoms with E-state index in [1.54, 1.807) is 12.1 Å². The van der Waals surface area contributed by atoms with E-state index in [1.807, 2.05) is 19.1 Å². The van der Waals surface area contributed by atoms with Gasteiger partial charge in [-0.05, 0) is 24.6 Å². The van der Waals surface area contributed by atoms with Crippen molar-refractivity contribution in [3.63, 3.8) is 0 Å². The summed E-state index contributed by atoms with van der Waals surface area (Å²) in [6.07, 6.45) is 0. The van der Waals surface area contributed by atoms with Crippen LogP contribution in [0.4, 0.5) is 17.1 Å². The summed E-state index contributed by atoms with van der Waals surface area (Å²) in [6, 6.07) is 10.3. The van der Waals surface area contributed by atoms with Gasteiger partial charge < -0.3 is 11.5 Å². The van der Waals surface area contributed by atoms with Gasteiger partial charge in [-0.1, -0.05) is 18.2 Å². The normalized spacial score (nSPS) is 9.43. The summed E-state index contributed by atoms with van der Waals surface area (Å²) in [7, 11) is 0. The summed E-state index contributed by atoms with van der Waals surface area (Å²) < 4.78 is 0. The molecule has 1 amide bonds. The van der Waals surface area contributed by atoms with Crippen molar-refractivity contribution in [3.05, 3.63) is 73.8 Å². The first-order chi connectivity index (χ1) is 10.7. The minimum absolute atomic E-state index is 0.0874. The molecular weight excluding hydrogens is 304 g/mol. The second kappa shape index (κ2) is 7.50. The van der Waals surface area contributed by atoms with Gasteiger partial charge in [-0.2, -0.15) is 0 Å². The van der Waals surface area contributed by atoms with Crippen LogP contribution < -0.4 is 11.5 Å². The first kappa shape index (κ1) is 17.6. The molecule has 9 heteroatoms. The van der Waals surface area contributed by atoms with E-state index in [2.05, 4.69) is 0 Å². The van der Waals surface area contributed by atoms with Crippen LogP contribution in [0.1, 0.15) is 15.9 Å². The van der Waals surface area contributed by atoms with Gasteiger partial charge in [-0.15, -0.1) is 0 Å². The van der Waals surface area contributed by atoms with Crippen molar-refractivity contribution >= 4 is 23.0 Å². The van der Waals surface area contributed by atoms with E-state index >= 15 is 0 Å². The van der Waals surface area contributed by atoms with Crippen LogP contribution >= 0.6 is 0 Å². The third kappa shape index (κ3) is 4.77. The Hall–Kier alpha value is -3.49. The highest BCUT2D eigenvalue weighted by molar-refractivity contribution is 5.94. The zero-order valence-corrected chi connectivity index (χ0v) is 12.1. The van der Waals surface area contributed by atoms with Gasteiger partial charge in [0.15, 0.2) is 0 Å². The maximum Gasteiger partial charge on any atom is 0.298 e. The van der Waals surface area contributed by atoms with E-state index in [0.29, 0.717) is 5.56 Å². The second-order valence-corrected chi connectivity index (χ2v) is 4.44. The Balaban J connectivity index is 0.000000238. The molecule has 0 atom stereocenters. The molecule has 0 aliphatic rings. The fourth-order valence-electron chi connectivity index (χ4n) is 1.65. The first-order valence-electron chi connectivity index (χ1n) is 6.27. The van der Waals surface area contributed by atoms with Crippen molar-refractivity contribution in [2.45, 2.75) is 6.92 Å². The number of benzene rings is 2. The van der Waals surface area contributed by atoms with Crippen LogP contribution in [0.25, 0.3) is 0 Å². The summed E-state index contributed by atoms with van der Waals surface area (Å²) >= 11 is 0. The number of nitrogens with two attached hydrogens (primary N) is 2. The van der Waals surface area contributed by atoms with Gasteiger partial charge in [0.05, 0.1) is 15.9 Å². The third-order valence-corrected chi connectivity index (χ3v) is 2.83. The smallest absolute Gasteiger partial charge is 0.298 e. The molecule has 0 bridgehead atoms. The van der Waals surface area contributed by atoms with Gasteiger partial charge in [0, 0.05) is 11.6 Å². The number of rotatable bonds is 3. The van der Waals surface area contributed by atoms with Crippen LogP contribution in [0.15, 0.2) is 42.5 Å². The number of primary amides is 1. The molecule has 23 heavy (non-hydrogen) atoms. The largest absolute Gasteiger partial charge is 0.393 e. The number of nitro benzene ring substituents is 2. The summed E-state index contributed by atoms with van der Waals surface area (Å²) in [5.74, 6) is -0.363. The number of carbonyl (C=O) groups excluding carboxylic acids is 1. The van der Waals surface area contributed by atoms with Crippen LogP contribution in [0.2, 0.25) is 0 Å². The lowest BCUT2D eigenvalue weighted by Crippen LogP contribution is -2.12. The quantitative estimate of drug-likeness (QED) is 0.502. The van der Waals surface area contributed by atoms with Crippen molar-refractivity contribution in [2.24, 2.45) is 5.73 Å². The lowest BCUT2D eigenvalue weighted by atomic mass is 10.1. The molecule has 0 saturated carbocycles. The molecule has 0 radical (unpaired) electrons. The number of carbonyl (C=O) groups is 1. The van der Waals surface area contributed by atoms with Crippen molar-refractivity contribution in [1.29, 1.82) is 0 Å². The Kier molecular flexibility index (Phi) is 5.73. The van der Waals surface area contributed by atoms with Crippen molar-refractivity contribution in [2.75, 3.05) is 5.73 Å². The molecule has 9 nitrogen and oxygen atoms in total. The predicted molar refractivity (Wildman–Crippen MR) is 83.9 cm³/mol. The highest BCUT2D eigenvalue weighted by atomic mass is 16.6. The standard InChI is InChI=1S/C8H9NO.C6H5N3O4/c1-6-4-2-3-5-7(6)8(9)10;7-5-2-1-4(8(10)11)3-6(5)9(12)13/h2-5H,1H3,(H2,9,10);1-3H,7H2. The summed E-state index contributed by atoms with van der Waals surface area (Å²) in [4.78, 5) is 29.7. The SMILES string of the molecule is Cc1ccccc1C(N)=O.Nc1ccc([N+](=O)[O-])cc1[N+](=O)[O-]. The maximum absolute atomic E-state index is 10.6. The summed E-state index contributed by atoms with van der Waals surface area (Å²) in [5, 5.41) is 20.5. The number of hydrogen-bond donors (Lipinski definition) is 2. The van der Waals surface area contributed by atoms with E-state index in [0.717, 1.165) is 23.8 Å². The van der Waals surface area contributed by atoms with Crippen LogP contribution in [0, 0.1) is 27.2 Å². The summed E-state index contributed by atoms with van der Waals surface area (Å²) in [5.41, 5.74) is 10.9. The minimum atomic E-state index is -0.762. The molecule has 0 fully saturated rings. The molecule has 0 spiro atoms. The Morgan fingerprint density at radius 1 is 1.04 bits per heavy atom. The van der Waals surface area contributed by atoms with Gasteiger partial charge in [-0.3, -0.25) is 25.0 Å². The number of anilines is 1. The van der Waals surface area contributed by atoms with Crippen molar-refractivity contribution in [1.82, 2.24) is 0 Å². The Bertz CT molecular complexity index is 761. The molecule has 2 aromatic carbocycles. The van der Waals surface area contributed by atoms with Crippen LogP contribution in [-0.2, 0) is 0 Å². The molecule has 4 N–H and O–H groups in total. The van der Waals surface area contributed by atoms with E-state index < -0.39 is 15.5 Å². The zero-order chi connectivity index (χ0) is 17.6. The van der Waals surface area contributed by atoms with Gasteiger partial charge in [0.2, 0.25) is 5.91 Å². The topological polar surface area (TPSA) is 155 Å². The highest BCUT2D eigenvalue weighted by Crippen LogP contribution is 2.25. The molecule has 0 aliphatic carbocycles. The average Bonchev–Trinajstić information content (AvgIpc) is 2.48. The number of hydrogen-bond acceptors (Lipinski definition) is 6. The molecule has 0 saturated heterocycles. The van der Waals surface area contributed by atoms with Crippen LogP contribution in [0.5, 0.6) is 0 Å². The number of nitrogen functional groups attached to an aromatic ring is 1. The molecule has 0 heterocycles. The van der Waals surface area contributed by atoms with Gasteiger partial charge in [0.1, 0.15) is 5.69 Å². The van der Waals surface area contributed by atoms with E-state index in [4.69, 9.17) is 11.5 Å². The fourth-order valence-corrected chi connectivity index (χ4v) is 1.65. The molecular formula is C14H14N4O5. The number of aryl methyl sites for hydroxylation is 1. The third-order valence-electron chi connectivity index (χ3n) is 2.83. The first-order valence-corrected chi connectivity index (χ1v) is 6.27. The molecule has 2 aromatic rings. The van der Waals surface area contributed by atoms with E-state index in [9.17, 15) is 25.0 Å². The molecule has 120 valence electrons. The van der Waals surface area contributed by atoms with Crippen LogP contribution in [-0.4, -0.2) is 15.8 Å². The van der Waals surface area contributed by atoms with Crippen LogP contribution in [0.3, 0.4) is 0 Å². The Morgan fingerprint density at radius 3 is 2.09 bits per heavy atom. The van der Waals surface area contributed by atoms with Gasteiger partial charge in [0.25, 0.3) is 11.4 Å². The van der Waals surface area contributed by atoms with Gasteiger partial charge >= 0.3 is 0 Å². The fraction of sp³-hybridized carbons (Fsp3) is 0.0714. The summed E-state index contributed by atoms with van der Waals surface area (Å²) in [6.45, 7) is 1.86. The average molecular weight is 318 g/mol. The van der Waals surface area contributed by atoms with E-state index in [-0.39, 0.29) is 17.3 Å². The lowest BCUT2D eigenvalue weighted by Gasteiger charge is -1.97. The Morgan fingerprint density at radius 2 is 1.65 bits per heavy atom. The molecule has 0 aliphatic heterocycles. The number of amides is 1. The molecule has 0 unspecified atom stereocenters. The van der Waals surface area contributed by atoms with Crippen molar-refractivity contribution in [3.8, 4) is 0 Å². The molecule has 0 aromatic heterocycles. The number of nitrogens with zero attached hydrogens (tertiary/aromatic N) is 2. The van der Waals surface area contributed by atoms with Gasteiger partial charge in [-0.25, -0.2) is 0 Å². The molecule has 2 rings (SSSR count). The number of non-ortho nitro benzene ring substituents is 1. The second-order valence-electron chi connectivity index (χ2n) is 4.44. The Labute approximate surface area is 130 Å². The highest BCUT2D eigenvalue weighted by Gasteiger charge is 2.16. The monoisotopic (exact) mass is 318 g/mol. The minimum Gasteiger partial charge on any atom is -0.393 e. The lowest BCUT2D eigenvalue weighted by molar-refractivity contribution is -0.393. The predicted octanol–water partition coefficient (Wildman–Crippen LogP) is 2.18. The van der Waals surface area contributed by atoms with Crippen molar-refractivity contribution < 1.29 is 14.6 Å².